The first-order valence-corrected chi connectivity index (χ1v) is 9.45. The molecule has 2 aromatic carbocycles. The molecule has 3 aromatic rings. The Hall–Kier alpha value is -3.94. The largest absolute Gasteiger partial charge is 0.494 e. The molecule has 0 fully saturated rings. The van der Waals surface area contributed by atoms with E-state index >= 15 is 0 Å². The first kappa shape index (κ1) is 21.8. The molecule has 0 aliphatic carbocycles. The van der Waals surface area contributed by atoms with Crippen LogP contribution in [0.4, 0.5) is 0 Å². The SMILES string of the molecule is COC(=O)CCc1ccc(C(=O)c2c(O)n(C(C)=O)c3cc(C(=O)OC)ccc23)cc1. The third kappa shape index (κ3) is 4.18. The van der Waals surface area contributed by atoms with Crippen LogP contribution in [0, 0.1) is 0 Å². The number of fused-ring (bicyclic) bond motifs is 1. The number of aromatic hydroxyl groups is 1. The summed E-state index contributed by atoms with van der Waals surface area (Å²) in [6.07, 6.45) is 0.686. The molecule has 0 aliphatic heterocycles. The molecule has 0 atom stereocenters. The second-order valence-electron chi connectivity index (χ2n) is 6.88. The smallest absolute Gasteiger partial charge is 0.337 e. The number of aryl methyl sites for hydroxylation is 1. The maximum Gasteiger partial charge on any atom is 0.337 e. The molecule has 0 saturated carbocycles. The zero-order chi connectivity index (χ0) is 22.7. The van der Waals surface area contributed by atoms with E-state index < -0.39 is 23.5 Å². The predicted molar refractivity (Wildman–Crippen MR) is 111 cm³/mol. The van der Waals surface area contributed by atoms with Gasteiger partial charge in [-0.1, -0.05) is 30.3 Å². The van der Waals surface area contributed by atoms with Crippen LogP contribution in [0.2, 0.25) is 0 Å². The number of nitrogens with zero attached hydrogens (tertiary/aromatic N) is 1. The molecule has 0 spiro atoms. The minimum Gasteiger partial charge on any atom is -0.494 e. The van der Waals surface area contributed by atoms with Gasteiger partial charge in [0.05, 0.1) is 30.9 Å². The lowest BCUT2D eigenvalue weighted by Crippen LogP contribution is -2.07. The summed E-state index contributed by atoms with van der Waals surface area (Å²) in [6, 6.07) is 11.0. The van der Waals surface area contributed by atoms with Gasteiger partial charge in [0.15, 0.2) is 5.78 Å². The second kappa shape index (κ2) is 8.83. The standard InChI is InChI=1S/C23H21NO7/c1-13(25)24-18-12-16(23(29)31-3)9-10-17(18)20(22(24)28)21(27)15-7-4-14(5-8-15)6-11-19(26)30-2/h4-5,7-10,12,28H,6,11H2,1-3H3. The number of carbonyl (C=O) groups excluding carboxylic acids is 4. The molecule has 8 heteroatoms. The van der Waals surface area contributed by atoms with Gasteiger partial charge in [-0.2, -0.15) is 0 Å². The lowest BCUT2D eigenvalue weighted by molar-refractivity contribution is -0.140. The van der Waals surface area contributed by atoms with Crippen LogP contribution < -0.4 is 0 Å². The molecule has 3 rings (SSSR count). The summed E-state index contributed by atoms with van der Waals surface area (Å²) in [7, 11) is 2.56. The summed E-state index contributed by atoms with van der Waals surface area (Å²) in [5.41, 5.74) is 1.52. The Labute approximate surface area is 178 Å². The number of esters is 2. The Bertz CT molecular complexity index is 1190. The van der Waals surface area contributed by atoms with Crippen LogP contribution in [0.1, 0.15) is 50.0 Å². The first-order valence-electron chi connectivity index (χ1n) is 9.45. The Morgan fingerprint density at radius 3 is 2.16 bits per heavy atom. The monoisotopic (exact) mass is 423 g/mol. The molecule has 1 aromatic heterocycles. The van der Waals surface area contributed by atoms with E-state index in [1.807, 2.05) is 0 Å². The van der Waals surface area contributed by atoms with Crippen LogP contribution in [0.25, 0.3) is 10.9 Å². The molecular formula is C23H21NO7. The summed E-state index contributed by atoms with van der Waals surface area (Å²) < 4.78 is 10.3. The number of hydrogen-bond acceptors (Lipinski definition) is 7. The van der Waals surface area contributed by atoms with E-state index in [-0.39, 0.29) is 29.0 Å². The van der Waals surface area contributed by atoms with Crippen molar-refractivity contribution < 1.29 is 33.8 Å². The van der Waals surface area contributed by atoms with E-state index in [1.165, 1.54) is 39.3 Å². The Balaban J connectivity index is 2.02. The van der Waals surface area contributed by atoms with E-state index in [2.05, 4.69) is 4.74 Å². The van der Waals surface area contributed by atoms with Gasteiger partial charge in [-0.3, -0.25) is 19.0 Å². The molecule has 1 N–H and O–H groups in total. The van der Waals surface area contributed by atoms with Crippen molar-refractivity contribution in [2.24, 2.45) is 0 Å². The highest BCUT2D eigenvalue weighted by Gasteiger charge is 2.26. The molecule has 1 heterocycles. The highest BCUT2D eigenvalue weighted by atomic mass is 16.5. The van der Waals surface area contributed by atoms with Gasteiger partial charge in [0, 0.05) is 24.3 Å². The van der Waals surface area contributed by atoms with Gasteiger partial charge in [-0.05, 0) is 24.1 Å². The van der Waals surface area contributed by atoms with Gasteiger partial charge in [-0.15, -0.1) is 0 Å². The minimum absolute atomic E-state index is 0.0380. The van der Waals surface area contributed by atoms with Gasteiger partial charge < -0.3 is 14.6 Å². The van der Waals surface area contributed by atoms with E-state index in [9.17, 15) is 24.3 Å². The molecule has 0 unspecified atom stereocenters. The maximum absolute atomic E-state index is 13.2. The van der Waals surface area contributed by atoms with Gasteiger partial charge in [-0.25, -0.2) is 4.79 Å². The average molecular weight is 423 g/mol. The number of benzene rings is 2. The van der Waals surface area contributed by atoms with Gasteiger partial charge in [0.25, 0.3) is 0 Å². The normalized spacial score (nSPS) is 10.7. The minimum atomic E-state index is -0.604. The fourth-order valence-electron chi connectivity index (χ4n) is 3.38. The number of rotatable bonds is 6. The number of methoxy groups -OCH3 is 2. The van der Waals surface area contributed by atoms with E-state index in [0.717, 1.165) is 10.1 Å². The number of hydrogen-bond donors (Lipinski definition) is 1. The molecule has 31 heavy (non-hydrogen) atoms. The maximum atomic E-state index is 13.2. The number of carbonyl (C=O) groups is 4. The molecule has 160 valence electrons. The third-order valence-electron chi connectivity index (χ3n) is 4.97. The highest BCUT2D eigenvalue weighted by molar-refractivity contribution is 6.20. The zero-order valence-electron chi connectivity index (χ0n) is 17.3. The van der Waals surface area contributed by atoms with E-state index in [0.29, 0.717) is 17.4 Å². The molecule has 0 radical (unpaired) electrons. The quantitative estimate of drug-likeness (QED) is 0.479. The molecule has 8 nitrogen and oxygen atoms in total. The summed E-state index contributed by atoms with van der Waals surface area (Å²) in [4.78, 5) is 48.4. The van der Waals surface area contributed by atoms with Crippen molar-refractivity contribution >= 4 is 34.5 Å². The lowest BCUT2D eigenvalue weighted by atomic mass is 9.99. The summed E-state index contributed by atoms with van der Waals surface area (Å²) in [5.74, 6) is -2.42. The molecule has 0 amide bonds. The number of aromatic nitrogens is 1. The van der Waals surface area contributed by atoms with Crippen LogP contribution >= 0.6 is 0 Å². The second-order valence-corrected chi connectivity index (χ2v) is 6.88. The van der Waals surface area contributed by atoms with Gasteiger partial charge in [0.1, 0.15) is 0 Å². The third-order valence-corrected chi connectivity index (χ3v) is 4.97. The van der Waals surface area contributed by atoms with Crippen LogP contribution in [0.3, 0.4) is 0 Å². The Morgan fingerprint density at radius 2 is 1.58 bits per heavy atom. The van der Waals surface area contributed by atoms with Crippen LogP contribution in [-0.4, -0.2) is 47.5 Å². The molecular weight excluding hydrogens is 402 g/mol. The van der Waals surface area contributed by atoms with Crippen molar-refractivity contribution in [2.75, 3.05) is 14.2 Å². The number of ether oxygens (including phenoxy) is 2. The van der Waals surface area contributed by atoms with Crippen LogP contribution in [-0.2, 0) is 20.7 Å². The molecule has 0 aliphatic rings. The van der Waals surface area contributed by atoms with Crippen LogP contribution in [0.15, 0.2) is 42.5 Å². The van der Waals surface area contributed by atoms with Crippen molar-refractivity contribution in [3.05, 3.63) is 64.7 Å². The highest BCUT2D eigenvalue weighted by Crippen LogP contribution is 2.34. The Morgan fingerprint density at radius 1 is 0.935 bits per heavy atom. The fraction of sp³-hybridized carbons (Fsp3) is 0.217. The van der Waals surface area contributed by atoms with E-state index in [1.54, 1.807) is 24.3 Å². The van der Waals surface area contributed by atoms with Crippen molar-refractivity contribution in [3.8, 4) is 5.88 Å². The predicted octanol–water partition coefficient (Wildman–Crippen LogP) is 3.13. The van der Waals surface area contributed by atoms with Gasteiger partial charge in [0.2, 0.25) is 11.8 Å². The summed E-state index contributed by atoms with van der Waals surface area (Å²) >= 11 is 0. The molecule has 0 bridgehead atoms. The summed E-state index contributed by atoms with van der Waals surface area (Å²) in [5, 5.41) is 11.0. The van der Waals surface area contributed by atoms with Crippen LogP contribution in [0.5, 0.6) is 5.88 Å². The van der Waals surface area contributed by atoms with Crippen molar-refractivity contribution in [1.82, 2.24) is 4.57 Å². The lowest BCUT2D eigenvalue weighted by Gasteiger charge is -2.04. The number of ketones is 1. The van der Waals surface area contributed by atoms with Crippen molar-refractivity contribution in [1.29, 1.82) is 0 Å². The average Bonchev–Trinajstić information content (AvgIpc) is 3.07. The van der Waals surface area contributed by atoms with E-state index in [4.69, 9.17) is 4.74 Å². The summed E-state index contributed by atoms with van der Waals surface area (Å²) in [6.45, 7) is 1.24. The molecule has 0 saturated heterocycles. The topological polar surface area (TPSA) is 112 Å². The van der Waals surface area contributed by atoms with Gasteiger partial charge >= 0.3 is 11.9 Å². The van der Waals surface area contributed by atoms with Crippen molar-refractivity contribution in [3.63, 3.8) is 0 Å². The fourth-order valence-corrected chi connectivity index (χ4v) is 3.38. The zero-order valence-corrected chi connectivity index (χ0v) is 17.3. The first-order chi connectivity index (χ1) is 14.8. The van der Waals surface area contributed by atoms with Crippen molar-refractivity contribution in [2.45, 2.75) is 19.8 Å². The Kier molecular flexibility index (Phi) is 6.20.